The van der Waals surface area contributed by atoms with Crippen LogP contribution in [0.5, 0.6) is 0 Å². The topological polar surface area (TPSA) is 69.9 Å². The summed E-state index contributed by atoms with van der Waals surface area (Å²) in [6.07, 6.45) is -0.392. The van der Waals surface area contributed by atoms with Crippen LogP contribution in [-0.2, 0) is 4.65 Å². The van der Waals surface area contributed by atoms with Crippen molar-refractivity contribution in [1.29, 1.82) is 0 Å². The molecule has 0 spiro atoms. The lowest BCUT2D eigenvalue weighted by molar-refractivity contribution is -0.0289. The van der Waals surface area contributed by atoms with E-state index in [0.29, 0.717) is 0 Å². The number of aliphatic hydroxyl groups excluding tert-OH is 1. The van der Waals surface area contributed by atoms with E-state index < -0.39 is 18.8 Å². The van der Waals surface area contributed by atoms with Gasteiger partial charge in [-0.1, -0.05) is 5.98 Å². The summed E-state index contributed by atoms with van der Waals surface area (Å²) in [5, 5.41) is 27.6. The van der Waals surface area contributed by atoms with Gasteiger partial charge in [-0.05, 0) is 13.8 Å². The van der Waals surface area contributed by atoms with E-state index >= 15 is 0 Å². The van der Waals surface area contributed by atoms with Crippen LogP contribution in [-0.4, -0.2) is 40.7 Å². The lowest BCUT2D eigenvalue weighted by Crippen LogP contribution is -2.36. The molecule has 0 aliphatic rings. The predicted molar refractivity (Wildman–Crippen MR) is 51.0 cm³/mol. The van der Waals surface area contributed by atoms with Gasteiger partial charge in [-0.15, -0.1) is 6.58 Å². The summed E-state index contributed by atoms with van der Waals surface area (Å²) >= 11 is 0. The van der Waals surface area contributed by atoms with Gasteiger partial charge in [-0.25, -0.2) is 0 Å². The molecule has 0 bridgehead atoms. The Hall–Kier alpha value is -0.355. The molecule has 76 valence electrons. The molecule has 4 nitrogen and oxygen atoms in total. The van der Waals surface area contributed by atoms with Crippen molar-refractivity contribution in [1.82, 2.24) is 0 Å². The standard InChI is InChI=1S/C8H17BO4/c1-4-9(12)13-6-8(3,11)5-7(2)10/h4,7,10-12H,1,5-6H2,2-3H3. The third kappa shape index (κ3) is 6.77. The molecule has 13 heavy (non-hydrogen) atoms. The molecule has 3 N–H and O–H groups in total. The average molecular weight is 188 g/mol. The van der Waals surface area contributed by atoms with Gasteiger partial charge in [0.25, 0.3) is 0 Å². The fraction of sp³-hybridized carbons (Fsp3) is 0.750. The summed E-state index contributed by atoms with van der Waals surface area (Å²) in [4.78, 5) is 0. The summed E-state index contributed by atoms with van der Waals surface area (Å²) in [5.41, 5.74) is -1.13. The molecule has 0 aromatic rings. The van der Waals surface area contributed by atoms with Crippen molar-refractivity contribution in [3.8, 4) is 0 Å². The molecule has 0 aliphatic carbocycles. The molecule has 2 unspecified atom stereocenters. The Morgan fingerprint density at radius 3 is 2.62 bits per heavy atom. The maximum atomic E-state index is 9.60. The highest BCUT2D eigenvalue weighted by Gasteiger charge is 2.24. The van der Waals surface area contributed by atoms with Crippen LogP contribution < -0.4 is 0 Å². The quantitative estimate of drug-likeness (QED) is 0.502. The van der Waals surface area contributed by atoms with Crippen LogP contribution in [0.2, 0.25) is 0 Å². The Bertz CT molecular complexity index is 158. The zero-order valence-corrected chi connectivity index (χ0v) is 8.10. The fourth-order valence-corrected chi connectivity index (χ4v) is 1.03. The highest BCUT2D eigenvalue weighted by molar-refractivity contribution is 6.48. The molecule has 0 saturated heterocycles. The van der Waals surface area contributed by atoms with Gasteiger partial charge < -0.3 is 19.9 Å². The molecule has 0 saturated carbocycles. The molecular weight excluding hydrogens is 171 g/mol. The molecule has 5 heteroatoms. The van der Waals surface area contributed by atoms with E-state index in [0.717, 1.165) is 0 Å². The van der Waals surface area contributed by atoms with Crippen LogP contribution in [0, 0.1) is 0 Å². The third-order valence-electron chi connectivity index (χ3n) is 1.50. The van der Waals surface area contributed by atoms with Gasteiger partial charge in [0, 0.05) is 6.42 Å². The van der Waals surface area contributed by atoms with Gasteiger partial charge in [0.05, 0.1) is 18.3 Å². The second-order valence-corrected chi connectivity index (χ2v) is 3.49. The maximum absolute atomic E-state index is 9.60. The van der Waals surface area contributed by atoms with Crippen molar-refractivity contribution in [2.24, 2.45) is 0 Å². The van der Waals surface area contributed by atoms with Gasteiger partial charge in [-0.3, -0.25) is 0 Å². The van der Waals surface area contributed by atoms with E-state index in [-0.39, 0.29) is 13.0 Å². The highest BCUT2D eigenvalue weighted by Crippen LogP contribution is 2.12. The van der Waals surface area contributed by atoms with Crippen LogP contribution >= 0.6 is 0 Å². The lowest BCUT2D eigenvalue weighted by Gasteiger charge is -2.24. The molecular formula is C8H17BO4. The normalized spacial score (nSPS) is 17.6. The number of hydrogen-bond donors (Lipinski definition) is 3. The molecule has 0 heterocycles. The van der Waals surface area contributed by atoms with Crippen molar-refractivity contribution >= 4 is 7.12 Å². The first kappa shape index (κ1) is 12.6. The van der Waals surface area contributed by atoms with E-state index in [1.165, 1.54) is 12.9 Å². The molecule has 2 atom stereocenters. The van der Waals surface area contributed by atoms with Crippen LogP contribution in [0.4, 0.5) is 0 Å². The van der Waals surface area contributed by atoms with Crippen molar-refractivity contribution in [2.45, 2.75) is 32.0 Å². The van der Waals surface area contributed by atoms with Crippen LogP contribution in [0.3, 0.4) is 0 Å². The summed E-state index contributed by atoms with van der Waals surface area (Å²) in [6, 6.07) is 0. The Labute approximate surface area is 79.0 Å². The summed E-state index contributed by atoms with van der Waals surface area (Å²) in [7, 11) is -1.07. The molecule has 0 aromatic heterocycles. The largest absolute Gasteiger partial charge is 0.482 e. The second kappa shape index (κ2) is 5.39. The first-order chi connectivity index (χ1) is 5.87. The van der Waals surface area contributed by atoms with Crippen LogP contribution in [0.25, 0.3) is 0 Å². The van der Waals surface area contributed by atoms with E-state index in [2.05, 4.69) is 6.58 Å². The Morgan fingerprint density at radius 1 is 1.69 bits per heavy atom. The summed E-state index contributed by atoms with van der Waals surface area (Å²) < 4.78 is 4.83. The van der Waals surface area contributed by atoms with E-state index in [1.54, 1.807) is 6.92 Å². The van der Waals surface area contributed by atoms with Gasteiger partial charge in [0.1, 0.15) is 0 Å². The minimum atomic E-state index is -1.13. The summed E-state index contributed by atoms with van der Waals surface area (Å²) in [6.45, 7) is 6.40. The number of aliphatic hydroxyl groups is 2. The molecule has 0 aromatic carbocycles. The zero-order valence-electron chi connectivity index (χ0n) is 8.10. The zero-order chi connectivity index (χ0) is 10.5. The minimum Gasteiger partial charge on any atom is -0.423 e. The van der Waals surface area contributed by atoms with Gasteiger partial charge in [0.2, 0.25) is 0 Å². The van der Waals surface area contributed by atoms with Crippen molar-refractivity contribution in [3.63, 3.8) is 0 Å². The van der Waals surface area contributed by atoms with Crippen molar-refractivity contribution in [2.75, 3.05) is 6.61 Å². The average Bonchev–Trinajstić information content (AvgIpc) is 1.98. The summed E-state index contributed by atoms with van der Waals surface area (Å²) in [5.74, 6) is 1.22. The van der Waals surface area contributed by atoms with Crippen molar-refractivity contribution < 1.29 is 19.9 Å². The van der Waals surface area contributed by atoms with Gasteiger partial charge >= 0.3 is 7.12 Å². The molecule has 0 aliphatic heterocycles. The van der Waals surface area contributed by atoms with E-state index in [4.69, 9.17) is 14.8 Å². The Balaban J connectivity index is 3.81. The van der Waals surface area contributed by atoms with Crippen molar-refractivity contribution in [3.05, 3.63) is 12.6 Å². The Morgan fingerprint density at radius 2 is 2.23 bits per heavy atom. The number of rotatable bonds is 6. The second-order valence-electron chi connectivity index (χ2n) is 3.49. The monoisotopic (exact) mass is 188 g/mol. The Kier molecular flexibility index (Phi) is 5.24. The number of hydrogen-bond acceptors (Lipinski definition) is 4. The fourth-order valence-electron chi connectivity index (χ4n) is 1.03. The van der Waals surface area contributed by atoms with Crippen LogP contribution in [0.1, 0.15) is 20.3 Å². The third-order valence-corrected chi connectivity index (χ3v) is 1.50. The van der Waals surface area contributed by atoms with Crippen LogP contribution in [0.15, 0.2) is 12.6 Å². The molecule has 0 amide bonds. The maximum Gasteiger partial charge on any atom is 0.482 e. The lowest BCUT2D eigenvalue weighted by atomic mass is 9.91. The highest BCUT2D eigenvalue weighted by atomic mass is 16.5. The van der Waals surface area contributed by atoms with E-state index in [9.17, 15) is 5.11 Å². The van der Waals surface area contributed by atoms with E-state index in [1.807, 2.05) is 0 Å². The molecule has 0 rings (SSSR count). The van der Waals surface area contributed by atoms with Gasteiger partial charge in [-0.2, -0.15) is 0 Å². The molecule has 0 fully saturated rings. The SMILES string of the molecule is C=CB(O)OCC(C)(O)CC(C)O. The first-order valence-electron chi connectivity index (χ1n) is 4.20. The first-order valence-corrected chi connectivity index (χ1v) is 4.20. The van der Waals surface area contributed by atoms with Gasteiger partial charge in [0.15, 0.2) is 0 Å². The minimum absolute atomic E-state index is 0.0366. The predicted octanol–water partition coefficient (Wildman–Crippen LogP) is -0.269. The smallest absolute Gasteiger partial charge is 0.423 e. The molecule has 0 radical (unpaired) electrons.